The van der Waals surface area contributed by atoms with Crippen LogP contribution < -0.4 is 5.32 Å². The number of ether oxygens (including phenoxy) is 2. The number of nitrogens with one attached hydrogen (secondary N) is 1. The first kappa shape index (κ1) is 17.4. The van der Waals surface area contributed by atoms with Gasteiger partial charge in [0.2, 0.25) is 5.91 Å². The van der Waals surface area contributed by atoms with Crippen molar-refractivity contribution in [3.8, 4) is 0 Å². The van der Waals surface area contributed by atoms with E-state index in [4.69, 9.17) is 9.84 Å². The summed E-state index contributed by atoms with van der Waals surface area (Å²) in [7, 11) is 1.17. The van der Waals surface area contributed by atoms with E-state index in [9.17, 15) is 14.4 Å². The van der Waals surface area contributed by atoms with Gasteiger partial charge in [-0.15, -0.1) is 0 Å². The number of aliphatic hydroxyl groups is 1. The van der Waals surface area contributed by atoms with Crippen LogP contribution in [0.15, 0.2) is 0 Å². The number of hydrogen-bond donors (Lipinski definition) is 2. The first-order chi connectivity index (χ1) is 8.69. The van der Waals surface area contributed by atoms with E-state index in [0.29, 0.717) is 0 Å². The van der Waals surface area contributed by atoms with E-state index in [1.54, 1.807) is 20.8 Å². The van der Waals surface area contributed by atoms with Crippen LogP contribution in [0, 0.1) is 0 Å². The molecule has 0 unspecified atom stereocenters. The van der Waals surface area contributed by atoms with Crippen molar-refractivity contribution in [3.05, 3.63) is 0 Å². The smallest absolute Gasteiger partial charge is 0.328 e. The van der Waals surface area contributed by atoms with Crippen LogP contribution in [0.5, 0.6) is 0 Å². The topological polar surface area (TPSA) is 102 Å². The molecule has 19 heavy (non-hydrogen) atoms. The standard InChI is InChI=1S/C12H21NO6/c1-12(2,3)19-10(16)6-5-8(11(17)18-4)13-9(15)7-14/h8,14H,5-7H2,1-4H3,(H,13,15)/t8-/m0/s1. The fourth-order valence-electron chi connectivity index (χ4n) is 1.29. The number of rotatable bonds is 6. The average Bonchev–Trinajstić information content (AvgIpc) is 2.30. The third kappa shape index (κ3) is 8.15. The Hall–Kier alpha value is -1.63. The van der Waals surface area contributed by atoms with E-state index < -0.39 is 36.1 Å². The van der Waals surface area contributed by atoms with Gasteiger partial charge in [-0.2, -0.15) is 0 Å². The van der Waals surface area contributed by atoms with E-state index in [1.807, 2.05) is 0 Å². The van der Waals surface area contributed by atoms with Crippen molar-refractivity contribution in [2.75, 3.05) is 13.7 Å². The number of amides is 1. The van der Waals surface area contributed by atoms with Gasteiger partial charge in [-0.05, 0) is 27.2 Å². The summed E-state index contributed by atoms with van der Waals surface area (Å²) in [5, 5.41) is 10.9. The molecule has 0 rings (SSSR count). The van der Waals surface area contributed by atoms with Gasteiger partial charge in [0.1, 0.15) is 18.2 Å². The molecule has 1 amide bonds. The molecule has 0 radical (unpaired) electrons. The van der Waals surface area contributed by atoms with Crippen molar-refractivity contribution in [1.82, 2.24) is 5.32 Å². The summed E-state index contributed by atoms with van der Waals surface area (Å²) in [4.78, 5) is 33.9. The molecule has 7 nitrogen and oxygen atoms in total. The van der Waals surface area contributed by atoms with Crippen molar-refractivity contribution >= 4 is 17.8 Å². The summed E-state index contributed by atoms with van der Waals surface area (Å²) >= 11 is 0. The SMILES string of the molecule is COC(=O)[C@H](CCC(=O)OC(C)(C)C)NC(=O)CO. The summed E-state index contributed by atoms with van der Waals surface area (Å²) in [5.74, 6) is -1.86. The minimum atomic E-state index is -0.975. The molecule has 0 aromatic carbocycles. The minimum Gasteiger partial charge on any atom is -0.467 e. The maximum atomic E-state index is 11.5. The van der Waals surface area contributed by atoms with E-state index in [-0.39, 0.29) is 12.8 Å². The summed E-state index contributed by atoms with van der Waals surface area (Å²) in [6.45, 7) is 4.46. The molecular weight excluding hydrogens is 254 g/mol. The number of carbonyl (C=O) groups is 3. The Morgan fingerprint density at radius 2 is 1.84 bits per heavy atom. The predicted octanol–water partition coefficient (Wildman–Crippen LogP) is -0.242. The molecule has 0 spiro atoms. The van der Waals surface area contributed by atoms with Gasteiger partial charge in [0, 0.05) is 6.42 Å². The number of aliphatic hydroxyl groups excluding tert-OH is 1. The van der Waals surface area contributed by atoms with Crippen molar-refractivity contribution in [3.63, 3.8) is 0 Å². The lowest BCUT2D eigenvalue weighted by atomic mass is 10.1. The monoisotopic (exact) mass is 275 g/mol. The Morgan fingerprint density at radius 3 is 2.26 bits per heavy atom. The second-order valence-corrected chi connectivity index (χ2v) is 4.93. The second kappa shape index (κ2) is 7.73. The number of carbonyl (C=O) groups excluding carboxylic acids is 3. The molecule has 0 heterocycles. The van der Waals surface area contributed by atoms with Crippen molar-refractivity contribution < 1.29 is 29.0 Å². The number of methoxy groups -OCH3 is 1. The van der Waals surface area contributed by atoms with Gasteiger partial charge in [-0.1, -0.05) is 0 Å². The minimum absolute atomic E-state index is 0.0389. The molecule has 2 N–H and O–H groups in total. The zero-order chi connectivity index (χ0) is 15.1. The van der Waals surface area contributed by atoms with Gasteiger partial charge in [0.15, 0.2) is 0 Å². The summed E-state index contributed by atoms with van der Waals surface area (Å²) in [6.07, 6.45) is 0.00999. The molecule has 1 atom stereocenters. The van der Waals surface area contributed by atoms with Crippen LogP contribution in [0.4, 0.5) is 0 Å². The molecule has 0 fully saturated rings. The highest BCUT2D eigenvalue weighted by Gasteiger charge is 2.24. The highest BCUT2D eigenvalue weighted by molar-refractivity contribution is 5.85. The maximum absolute atomic E-state index is 11.5. The highest BCUT2D eigenvalue weighted by atomic mass is 16.6. The Morgan fingerprint density at radius 1 is 1.26 bits per heavy atom. The third-order valence-corrected chi connectivity index (χ3v) is 2.02. The lowest BCUT2D eigenvalue weighted by Gasteiger charge is -2.20. The molecule has 0 saturated heterocycles. The third-order valence-electron chi connectivity index (χ3n) is 2.02. The molecule has 0 aliphatic carbocycles. The van der Waals surface area contributed by atoms with E-state index in [0.717, 1.165) is 0 Å². The van der Waals surface area contributed by atoms with Crippen LogP contribution in [-0.2, 0) is 23.9 Å². The second-order valence-electron chi connectivity index (χ2n) is 4.93. The Kier molecular flexibility index (Phi) is 7.06. The lowest BCUT2D eigenvalue weighted by molar-refractivity contribution is -0.155. The zero-order valence-corrected chi connectivity index (χ0v) is 11.7. The fourth-order valence-corrected chi connectivity index (χ4v) is 1.29. The van der Waals surface area contributed by atoms with Gasteiger partial charge in [-0.3, -0.25) is 9.59 Å². The lowest BCUT2D eigenvalue weighted by Crippen LogP contribution is -2.43. The van der Waals surface area contributed by atoms with E-state index >= 15 is 0 Å². The molecule has 0 saturated carbocycles. The van der Waals surface area contributed by atoms with Crippen LogP contribution in [0.1, 0.15) is 33.6 Å². The molecule has 0 aliphatic rings. The van der Waals surface area contributed by atoms with Crippen molar-refractivity contribution in [1.29, 1.82) is 0 Å². The predicted molar refractivity (Wildman–Crippen MR) is 66.1 cm³/mol. The fraction of sp³-hybridized carbons (Fsp3) is 0.750. The van der Waals surface area contributed by atoms with Crippen LogP contribution in [-0.4, -0.2) is 48.3 Å². The molecule has 0 bridgehead atoms. The zero-order valence-electron chi connectivity index (χ0n) is 11.7. The normalized spacial score (nSPS) is 12.5. The van der Waals surface area contributed by atoms with Crippen molar-refractivity contribution in [2.24, 2.45) is 0 Å². The summed E-state index contributed by atoms with van der Waals surface area (Å²) in [5.41, 5.74) is -0.605. The largest absolute Gasteiger partial charge is 0.467 e. The van der Waals surface area contributed by atoms with E-state index in [2.05, 4.69) is 10.1 Å². The first-order valence-corrected chi connectivity index (χ1v) is 5.89. The van der Waals surface area contributed by atoms with Crippen molar-refractivity contribution in [2.45, 2.75) is 45.3 Å². The highest BCUT2D eigenvalue weighted by Crippen LogP contribution is 2.10. The van der Waals surface area contributed by atoms with Crippen LogP contribution in [0.3, 0.4) is 0 Å². The molecular formula is C12H21NO6. The molecule has 7 heteroatoms. The van der Waals surface area contributed by atoms with E-state index in [1.165, 1.54) is 7.11 Å². The van der Waals surface area contributed by atoms with Gasteiger partial charge in [0.25, 0.3) is 0 Å². The molecule has 0 aromatic rings. The summed E-state index contributed by atoms with van der Waals surface area (Å²) < 4.78 is 9.58. The Balaban J connectivity index is 4.38. The number of esters is 2. The van der Waals surface area contributed by atoms with Gasteiger partial charge >= 0.3 is 11.9 Å². The Labute approximate surface area is 112 Å². The average molecular weight is 275 g/mol. The quantitative estimate of drug-likeness (QED) is 0.649. The molecule has 110 valence electrons. The number of hydrogen-bond acceptors (Lipinski definition) is 6. The van der Waals surface area contributed by atoms with Crippen LogP contribution in [0.25, 0.3) is 0 Å². The van der Waals surface area contributed by atoms with Crippen LogP contribution in [0.2, 0.25) is 0 Å². The Bertz CT molecular complexity index is 334. The summed E-state index contributed by atoms with van der Waals surface area (Å²) in [6, 6.07) is -0.975. The first-order valence-electron chi connectivity index (χ1n) is 5.89. The molecule has 0 aromatic heterocycles. The van der Waals surface area contributed by atoms with Gasteiger partial charge in [0.05, 0.1) is 7.11 Å². The van der Waals surface area contributed by atoms with Gasteiger partial charge < -0.3 is 19.9 Å². The van der Waals surface area contributed by atoms with Crippen LogP contribution >= 0.6 is 0 Å². The maximum Gasteiger partial charge on any atom is 0.328 e. The molecule has 0 aliphatic heterocycles. The van der Waals surface area contributed by atoms with Gasteiger partial charge in [-0.25, -0.2) is 4.79 Å².